The highest BCUT2D eigenvalue weighted by Gasteiger charge is 2.16. The van der Waals surface area contributed by atoms with Crippen molar-refractivity contribution in [3.05, 3.63) is 21.7 Å². The normalized spacial score (nSPS) is 10.3. The molecular weight excluding hydrogens is 249 g/mol. The van der Waals surface area contributed by atoms with Crippen LogP contribution >= 0.6 is 23.2 Å². The van der Waals surface area contributed by atoms with E-state index in [2.05, 4.69) is 5.32 Å². The van der Waals surface area contributed by atoms with Gasteiger partial charge in [-0.05, 0) is 12.6 Å². The second kappa shape index (κ2) is 6.18. The van der Waals surface area contributed by atoms with Crippen LogP contribution in [0.1, 0.15) is 12.5 Å². The number of halogens is 2. The molecule has 0 aliphatic carbocycles. The molecule has 0 aromatic heterocycles. The summed E-state index contributed by atoms with van der Waals surface area (Å²) in [7, 11) is 3.10. The van der Waals surface area contributed by atoms with Gasteiger partial charge in [-0.2, -0.15) is 0 Å². The SMILES string of the molecule is CCNCc1cc(Cl)c(OC)c(Cl)c1OC. The molecule has 5 heteroatoms. The highest BCUT2D eigenvalue weighted by atomic mass is 35.5. The molecule has 0 aliphatic rings. The maximum atomic E-state index is 6.14. The standard InChI is InChI=1S/C11H15Cl2NO2/c1-4-14-6-7-5-8(12)11(16-3)9(13)10(7)15-2/h5,14H,4,6H2,1-3H3. The van der Waals surface area contributed by atoms with E-state index in [1.165, 1.54) is 7.11 Å². The fourth-order valence-corrected chi connectivity index (χ4v) is 2.16. The summed E-state index contributed by atoms with van der Waals surface area (Å²) in [5, 5.41) is 4.09. The van der Waals surface area contributed by atoms with Crippen LogP contribution in [0, 0.1) is 0 Å². The molecule has 90 valence electrons. The van der Waals surface area contributed by atoms with Gasteiger partial charge in [0.25, 0.3) is 0 Å². The van der Waals surface area contributed by atoms with Crippen LogP contribution in [0.2, 0.25) is 10.0 Å². The third kappa shape index (κ3) is 2.73. The maximum Gasteiger partial charge on any atom is 0.159 e. The van der Waals surface area contributed by atoms with Crippen LogP contribution in [0.3, 0.4) is 0 Å². The molecule has 0 heterocycles. The van der Waals surface area contributed by atoms with Gasteiger partial charge in [-0.1, -0.05) is 30.1 Å². The molecule has 1 aromatic rings. The lowest BCUT2D eigenvalue weighted by molar-refractivity contribution is 0.390. The molecule has 0 atom stereocenters. The molecule has 0 amide bonds. The van der Waals surface area contributed by atoms with Gasteiger partial charge in [0.1, 0.15) is 10.8 Å². The van der Waals surface area contributed by atoms with Crippen molar-refractivity contribution in [3.63, 3.8) is 0 Å². The smallest absolute Gasteiger partial charge is 0.159 e. The van der Waals surface area contributed by atoms with E-state index < -0.39 is 0 Å². The first-order valence-corrected chi connectivity index (χ1v) is 5.70. The predicted octanol–water partition coefficient (Wildman–Crippen LogP) is 3.12. The van der Waals surface area contributed by atoms with E-state index in [4.69, 9.17) is 32.7 Å². The van der Waals surface area contributed by atoms with E-state index in [0.717, 1.165) is 12.1 Å². The summed E-state index contributed by atoms with van der Waals surface area (Å²) in [4.78, 5) is 0. The quantitative estimate of drug-likeness (QED) is 0.886. The second-order valence-corrected chi connectivity index (χ2v) is 3.96. The van der Waals surface area contributed by atoms with Crippen LogP contribution in [0.15, 0.2) is 6.07 Å². The van der Waals surface area contributed by atoms with Gasteiger partial charge in [0, 0.05) is 12.1 Å². The third-order valence-corrected chi connectivity index (χ3v) is 2.81. The van der Waals surface area contributed by atoms with E-state index in [0.29, 0.717) is 28.1 Å². The monoisotopic (exact) mass is 263 g/mol. The Labute approximate surface area is 106 Å². The number of ether oxygens (including phenoxy) is 2. The summed E-state index contributed by atoms with van der Waals surface area (Å²) in [6.07, 6.45) is 0. The Balaban J connectivity index is 3.18. The summed E-state index contributed by atoms with van der Waals surface area (Å²) < 4.78 is 10.4. The molecule has 0 bridgehead atoms. The molecular formula is C11H15Cl2NO2. The molecule has 0 radical (unpaired) electrons. The van der Waals surface area contributed by atoms with Crippen LogP contribution < -0.4 is 14.8 Å². The molecule has 16 heavy (non-hydrogen) atoms. The third-order valence-electron chi connectivity index (χ3n) is 2.18. The number of nitrogens with one attached hydrogen (secondary N) is 1. The zero-order valence-corrected chi connectivity index (χ0v) is 11.1. The van der Waals surface area contributed by atoms with Crippen LogP contribution in [-0.4, -0.2) is 20.8 Å². The van der Waals surface area contributed by atoms with Crippen LogP contribution in [0.25, 0.3) is 0 Å². The lowest BCUT2D eigenvalue weighted by Crippen LogP contribution is -2.13. The summed E-state index contributed by atoms with van der Waals surface area (Å²) in [5.74, 6) is 1.05. The fourth-order valence-electron chi connectivity index (χ4n) is 1.43. The Morgan fingerprint density at radius 3 is 2.31 bits per heavy atom. The van der Waals surface area contributed by atoms with Gasteiger partial charge in [-0.3, -0.25) is 0 Å². The first kappa shape index (κ1) is 13.4. The fraction of sp³-hybridized carbons (Fsp3) is 0.455. The first-order valence-electron chi connectivity index (χ1n) is 4.95. The molecule has 0 unspecified atom stereocenters. The number of hydrogen-bond donors (Lipinski definition) is 1. The minimum atomic E-state index is 0.408. The van der Waals surface area contributed by atoms with Crippen molar-refractivity contribution in [2.75, 3.05) is 20.8 Å². The summed E-state index contributed by atoms with van der Waals surface area (Å²) in [6, 6.07) is 1.80. The Morgan fingerprint density at radius 1 is 1.19 bits per heavy atom. The Bertz CT molecular complexity index is 369. The molecule has 1 rings (SSSR count). The van der Waals surface area contributed by atoms with Gasteiger partial charge in [0.2, 0.25) is 0 Å². The maximum absolute atomic E-state index is 6.14. The summed E-state index contributed by atoms with van der Waals surface area (Å²) >= 11 is 12.2. The van der Waals surface area contributed by atoms with E-state index in [9.17, 15) is 0 Å². The predicted molar refractivity (Wildman–Crippen MR) is 66.9 cm³/mol. The second-order valence-electron chi connectivity index (χ2n) is 3.18. The number of methoxy groups -OCH3 is 2. The van der Waals surface area contributed by atoms with Crippen molar-refractivity contribution >= 4 is 23.2 Å². The van der Waals surface area contributed by atoms with Crippen molar-refractivity contribution in [2.24, 2.45) is 0 Å². The van der Waals surface area contributed by atoms with Gasteiger partial charge >= 0.3 is 0 Å². The van der Waals surface area contributed by atoms with Crippen molar-refractivity contribution in [2.45, 2.75) is 13.5 Å². The van der Waals surface area contributed by atoms with Crippen LogP contribution in [0.5, 0.6) is 11.5 Å². The van der Waals surface area contributed by atoms with Crippen molar-refractivity contribution in [1.82, 2.24) is 5.32 Å². The molecule has 0 fully saturated rings. The molecule has 0 saturated carbocycles. The summed E-state index contributed by atoms with van der Waals surface area (Å²) in [5.41, 5.74) is 0.917. The molecule has 1 aromatic carbocycles. The van der Waals surface area contributed by atoms with Gasteiger partial charge in [0.05, 0.1) is 19.2 Å². The van der Waals surface area contributed by atoms with E-state index in [1.54, 1.807) is 13.2 Å². The molecule has 3 nitrogen and oxygen atoms in total. The Morgan fingerprint density at radius 2 is 1.81 bits per heavy atom. The van der Waals surface area contributed by atoms with Crippen molar-refractivity contribution in [3.8, 4) is 11.5 Å². The molecule has 1 N–H and O–H groups in total. The van der Waals surface area contributed by atoms with Gasteiger partial charge in [-0.15, -0.1) is 0 Å². The number of rotatable bonds is 5. The van der Waals surface area contributed by atoms with E-state index in [-0.39, 0.29) is 0 Å². The van der Waals surface area contributed by atoms with Crippen molar-refractivity contribution in [1.29, 1.82) is 0 Å². The largest absolute Gasteiger partial charge is 0.495 e. The number of benzene rings is 1. The van der Waals surface area contributed by atoms with E-state index in [1.807, 2.05) is 6.92 Å². The zero-order chi connectivity index (χ0) is 12.1. The average molecular weight is 264 g/mol. The summed E-state index contributed by atoms with van der Waals surface area (Å²) in [6.45, 7) is 3.55. The van der Waals surface area contributed by atoms with E-state index >= 15 is 0 Å². The molecule has 0 saturated heterocycles. The van der Waals surface area contributed by atoms with Crippen LogP contribution in [0.4, 0.5) is 0 Å². The zero-order valence-electron chi connectivity index (χ0n) is 9.56. The molecule has 0 aliphatic heterocycles. The minimum Gasteiger partial charge on any atom is -0.495 e. The average Bonchev–Trinajstić information content (AvgIpc) is 2.26. The number of hydrogen-bond acceptors (Lipinski definition) is 3. The van der Waals surface area contributed by atoms with Crippen LogP contribution in [-0.2, 0) is 6.54 Å². The Kier molecular flexibility index (Phi) is 5.19. The molecule has 0 spiro atoms. The Hall–Kier alpha value is -0.640. The highest BCUT2D eigenvalue weighted by Crippen LogP contribution is 2.42. The van der Waals surface area contributed by atoms with Crippen molar-refractivity contribution < 1.29 is 9.47 Å². The lowest BCUT2D eigenvalue weighted by Gasteiger charge is -2.14. The van der Waals surface area contributed by atoms with Gasteiger partial charge in [0.15, 0.2) is 5.75 Å². The lowest BCUT2D eigenvalue weighted by atomic mass is 10.2. The topological polar surface area (TPSA) is 30.5 Å². The van der Waals surface area contributed by atoms with Gasteiger partial charge < -0.3 is 14.8 Å². The highest BCUT2D eigenvalue weighted by molar-refractivity contribution is 6.38. The first-order chi connectivity index (χ1) is 7.65. The minimum absolute atomic E-state index is 0.408. The van der Waals surface area contributed by atoms with Gasteiger partial charge in [-0.25, -0.2) is 0 Å².